The van der Waals surface area contributed by atoms with Gasteiger partial charge in [0.2, 0.25) is 15.9 Å². The van der Waals surface area contributed by atoms with Crippen LogP contribution in [0.25, 0.3) is 10.8 Å². The van der Waals surface area contributed by atoms with Crippen LogP contribution in [0.15, 0.2) is 71.9 Å². The first kappa shape index (κ1) is 21.3. The number of carbonyl (C=O) groups excluding carboxylic acids is 1. The lowest BCUT2D eigenvalue weighted by molar-refractivity contribution is -0.132. The third-order valence-corrected chi connectivity index (χ3v) is 7.29. The number of nitrogens with zero attached hydrogens (tertiary/aromatic N) is 3. The molecule has 1 fully saturated rings. The van der Waals surface area contributed by atoms with Gasteiger partial charge < -0.3 is 9.64 Å². The van der Waals surface area contributed by atoms with Gasteiger partial charge in [0.15, 0.2) is 0 Å². The summed E-state index contributed by atoms with van der Waals surface area (Å²) in [6, 6.07) is 17.1. The molecule has 8 heteroatoms. The van der Waals surface area contributed by atoms with Gasteiger partial charge in [0.1, 0.15) is 10.6 Å². The minimum absolute atomic E-state index is 0.0277. The smallest absolute Gasteiger partial charge is 0.244 e. The Bertz CT molecular complexity index is 1140. The minimum atomic E-state index is -3.57. The van der Waals surface area contributed by atoms with Crippen LogP contribution in [0.2, 0.25) is 0 Å². The molecular formula is C23H25N3O4S. The van der Waals surface area contributed by atoms with E-state index >= 15 is 0 Å². The van der Waals surface area contributed by atoms with Crippen molar-refractivity contribution in [1.29, 1.82) is 0 Å². The van der Waals surface area contributed by atoms with Crippen LogP contribution in [0.5, 0.6) is 5.75 Å². The third kappa shape index (κ3) is 4.86. The summed E-state index contributed by atoms with van der Waals surface area (Å²) in [5, 5.41) is 2.18. The zero-order valence-corrected chi connectivity index (χ0v) is 18.0. The van der Waals surface area contributed by atoms with Crippen LogP contribution in [0, 0.1) is 0 Å². The molecule has 162 valence electrons. The van der Waals surface area contributed by atoms with Crippen molar-refractivity contribution in [3.05, 3.63) is 67.0 Å². The summed E-state index contributed by atoms with van der Waals surface area (Å²) < 4.78 is 32.7. The average Bonchev–Trinajstić information content (AvgIpc) is 2.82. The molecule has 0 bridgehead atoms. The van der Waals surface area contributed by atoms with E-state index in [0.29, 0.717) is 32.5 Å². The van der Waals surface area contributed by atoms with Gasteiger partial charge in [0.25, 0.3) is 0 Å². The number of aromatic nitrogens is 1. The van der Waals surface area contributed by atoms with Gasteiger partial charge in [-0.25, -0.2) is 8.42 Å². The van der Waals surface area contributed by atoms with Gasteiger partial charge >= 0.3 is 0 Å². The molecule has 0 aliphatic carbocycles. The Labute approximate surface area is 182 Å². The lowest BCUT2D eigenvalue weighted by Gasteiger charge is -2.34. The molecule has 0 saturated carbocycles. The van der Waals surface area contributed by atoms with Crippen LogP contribution < -0.4 is 4.74 Å². The van der Waals surface area contributed by atoms with E-state index in [2.05, 4.69) is 4.98 Å². The molecule has 4 rings (SSSR count). The van der Waals surface area contributed by atoms with Crippen LogP contribution in [-0.4, -0.2) is 61.3 Å². The Morgan fingerprint density at radius 1 is 0.968 bits per heavy atom. The summed E-state index contributed by atoms with van der Waals surface area (Å²) in [6.07, 6.45) is 3.87. The molecule has 0 N–H and O–H groups in total. The van der Waals surface area contributed by atoms with Crippen molar-refractivity contribution in [1.82, 2.24) is 14.2 Å². The monoisotopic (exact) mass is 439 g/mol. The number of hydrogen-bond acceptors (Lipinski definition) is 5. The van der Waals surface area contributed by atoms with Crippen molar-refractivity contribution in [3.63, 3.8) is 0 Å². The zero-order valence-electron chi connectivity index (χ0n) is 17.2. The summed E-state index contributed by atoms with van der Waals surface area (Å²) in [4.78, 5) is 18.3. The van der Waals surface area contributed by atoms with Gasteiger partial charge in [0, 0.05) is 50.4 Å². The van der Waals surface area contributed by atoms with E-state index in [9.17, 15) is 13.2 Å². The van der Waals surface area contributed by atoms with Crippen molar-refractivity contribution >= 4 is 26.7 Å². The van der Waals surface area contributed by atoms with E-state index in [-0.39, 0.29) is 23.9 Å². The van der Waals surface area contributed by atoms with Crippen molar-refractivity contribution in [2.24, 2.45) is 0 Å². The lowest BCUT2D eigenvalue weighted by Crippen LogP contribution is -2.50. The molecule has 31 heavy (non-hydrogen) atoms. The summed E-state index contributed by atoms with van der Waals surface area (Å²) in [6.45, 7) is 1.81. The highest BCUT2D eigenvalue weighted by Crippen LogP contribution is 2.25. The van der Waals surface area contributed by atoms with Gasteiger partial charge in [-0.3, -0.25) is 9.78 Å². The maximum atomic E-state index is 12.7. The first-order chi connectivity index (χ1) is 15.1. The number of fused-ring (bicyclic) bond motifs is 1. The van der Waals surface area contributed by atoms with Crippen LogP contribution in [0.3, 0.4) is 0 Å². The Morgan fingerprint density at radius 3 is 2.52 bits per heavy atom. The van der Waals surface area contributed by atoms with E-state index in [1.54, 1.807) is 17.2 Å². The van der Waals surface area contributed by atoms with E-state index in [1.807, 2.05) is 42.5 Å². The van der Waals surface area contributed by atoms with Gasteiger partial charge in [-0.05, 0) is 30.0 Å². The number of benzene rings is 2. The van der Waals surface area contributed by atoms with E-state index in [0.717, 1.165) is 16.5 Å². The molecule has 2 aromatic carbocycles. The molecule has 2 heterocycles. The maximum Gasteiger partial charge on any atom is 0.244 e. The number of pyridine rings is 1. The van der Waals surface area contributed by atoms with Crippen LogP contribution in [0.4, 0.5) is 0 Å². The second-order valence-corrected chi connectivity index (χ2v) is 9.34. The molecule has 1 aromatic heterocycles. The lowest BCUT2D eigenvalue weighted by atomic mass is 10.1. The number of ether oxygens (including phenoxy) is 1. The highest BCUT2D eigenvalue weighted by Gasteiger charge is 2.30. The highest BCUT2D eigenvalue weighted by molar-refractivity contribution is 7.89. The van der Waals surface area contributed by atoms with Crippen molar-refractivity contribution < 1.29 is 17.9 Å². The summed E-state index contributed by atoms with van der Waals surface area (Å²) >= 11 is 0. The van der Waals surface area contributed by atoms with E-state index < -0.39 is 10.0 Å². The Hall–Kier alpha value is -2.97. The van der Waals surface area contributed by atoms with Crippen LogP contribution in [-0.2, 0) is 14.8 Å². The molecule has 0 unspecified atom stereocenters. The molecule has 1 amide bonds. The number of hydrogen-bond donors (Lipinski definition) is 0. The third-order valence-electron chi connectivity index (χ3n) is 5.41. The van der Waals surface area contributed by atoms with Gasteiger partial charge in [-0.1, -0.05) is 36.4 Å². The minimum Gasteiger partial charge on any atom is -0.493 e. The summed E-state index contributed by atoms with van der Waals surface area (Å²) in [5.74, 6) is 0.847. The molecule has 0 radical (unpaired) electrons. The fraction of sp³-hybridized carbons (Fsp3) is 0.304. The molecule has 7 nitrogen and oxygen atoms in total. The number of sulfonamides is 1. The van der Waals surface area contributed by atoms with Crippen LogP contribution >= 0.6 is 0 Å². The summed E-state index contributed by atoms with van der Waals surface area (Å²) in [5.41, 5.74) is 0. The van der Waals surface area contributed by atoms with Gasteiger partial charge in [-0.15, -0.1) is 0 Å². The quantitative estimate of drug-likeness (QED) is 0.529. The van der Waals surface area contributed by atoms with Crippen molar-refractivity contribution in [2.75, 3.05) is 32.8 Å². The first-order valence-electron chi connectivity index (χ1n) is 10.3. The molecule has 1 aliphatic heterocycles. The molecule has 1 saturated heterocycles. The topological polar surface area (TPSA) is 79.8 Å². The molecule has 3 aromatic rings. The zero-order chi connectivity index (χ0) is 21.7. The number of rotatable bonds is 7. The molecule has 0 atom stereocenters. The second-order valence-electron chi connectivity index (χ2n) is 7.40. The number of carbonyl (C=O) groups is 1. The fourth-order valence-corrected chi connectivity index (χ4v) is 5.10. The fourth-order valence-electron chi connectivity index (χ4n) is 3.71. The van der Waals surface area contributed by atoms with E-state index in [1.165, 1.54) is 16.6 Å². The maximum absolute atomic E-state index is 12.7. The number of piperazine rings is 1. The summed E-state index contributed by atoms with van der Waals surface area (Å²) in [7, 11) is -3.57. The molecule has 1 aliphatic rings. The Kier molecular flexibility index (Phi) is 6.48. The van der Waals surface area contributed by atoms with Crippen molar-refractivity contribution in [3.8, 4) is 5.75 Å². The molecule has 0 spiro atoms. The predicted octanol–water partition coefficient (Wildman–Crippen LogP) is 2.93. The van der Waals surface area contributed by atoms with E-state index in [4.69, 9.17) is 4.74 Å². The highest BCUT2D eigenvalue weighted by atomic mass is 32.2. The molecular weight excluding hydrogens is 414 g/mol. The SMILES string of the molecule is O=C(CCCOc1cccc2ccccc12)N1CCN(S(=O)(=O)c2cccnc2)CC1. The Morgan fingerprint density at radius 2 is 1.74 bits per heavy atom. The second kappa shape index (κ2) is 9.45. The first-order valence-corrected chi connectivity index (χ1v) is 11.8. The van der Waals surface area contributed by atoms with Gasteiger partial charge in [0.05, 0.1) is 6.61 Å². The predicted molar refractivity (Wildman–Crippen MR) is 118 cm³/mol. The van der Waals surface area contributed by atoms with Crippen LogP contribution in [0.1, 0.15) is 12.8 Å². The van der Waals surface area contributed by atoms with Crippen molar-refractivity contribution in [2.45, 2.75) is 17.7 Å². The number of amides is 1. The largest absolute Gasteiger partial charge is 0.493 e. The average molecular weight is 440 g/mol. The standard InChI is InChI=1S/C23H25N3O4S/c27-23(11-5-17-30-22-10-3-7-19-6-1-2-9-21(19)22)25-13-15-26(16-14-25)31(28,29)20-8-4-12-24-18-20/h1-4,6-10,12,18H,5,11,13-17H2. The normalized spacial score (nSPS) is 15.2. The Balaban J connectivity index is 1.24. The van der Waals surface area contributed by atoms with Gasteiger partial charge in [-0.2, -0.15) is 4.31 Å².